The summed E-state index contributed by atoms with van der Waals surface area (Å²) >= 11 is 0. The minimum atomic E-state index is 0.266. The highest BCUT2D eigenvalue weighted by molar-refractivity contribution is 5.80. The fraction of sp³-hybridized carbons (Fsp3) is 0.923. The molecule has 4 N–H and O–H groups in total. The molecule has 4 heteroatoms. The molecule has 0 heterocycles. The lowest BCUT2D eigenvalue weighted by atomic mass is 10.00. The molecule has 4 nitrogen and oxygen atoms in total. The summed E-state index contributed by atoms with van der Waals surface area (Å²) < 4.78 is 0. The Labute approximate surface area is 105 Å². The van der Waals surface area contributed by atoms with Crippen LogP contribution in [0.3, 0.4) is 0 Å². The first-order valence-corrected chi connectivity index (χ1v) is 6.67. The second-order valence-corrected chi connectivity index (χ2v) is 6.02. The molecule has 1 fully saturated rings. The number of amidine groups is 1. The van der Waals surface area contributed by atoms with Crippen molar-refractivity contribution in [1.82, 2.24) is 5.32 Å². The summed E-state index contributed by atoms with van der Waals surface area (Å²) in [4.78, 5) is 0. The van der Waals surface area contributed by atoms with E-state index < -0.39 is 0 Å². The molecule has 0 radical (unpaired) electrons. The lowest BCUT2D eigenvalue weighted by Crippen LogP contribution is -2.34. The molecule has 0 bridgehead atoms. The van der Waals surface area contributed by atoms with Crippen LogP contribution in [0.5, 0.6) is 0 Å². The van der Waals surface area contributed by atoms with E-state index in [1.54, 1.807) is 0 Å². The van der Waals surface area contributed by atoms with Gasteiger partial charge in [-0.1, -0.05) is 19.0 Å². The number of nitrogens with two attached hydrogens (primary N) is 1. The quantitative estimate of drug-likeness (QED) is 0.264. The second kappa shape index (κ2) is 6.24. The molecular weight excluding hydrogens is 214 g/mol. The smallest absolute Gasteiger partial charge is 0.139 e. The number of oxime groups is 1. The molecule has 0 aromatic heterocycles. The van der Waals surface area contributed by atoms with Crippen molar-refractivity contribution in [3.63, 3.8) is 0 Å². The highest BCUT2D eigenvalue weighted by Crippen LogP contribution is 2.48. The molecule has 0 aromatic rings. The predicted octanol–water partition coefficient (Wildman–Crippen LogP) is 2.32. The Balaban J connectivity index is 2.21. The maximum Gasteiger partial charge on any atom is 0.139 e. The van der Waals surface area contributed by atoms with Crippen molar-refractivity contribution in [3.8, 4) is 0 Å². The van der Waals surface area contributed by atoms with E-state index in [0.717, 1.165) is 12.5 Å². The summed E-state index contributed by atoms with van der Waals surface area (Å²) in [5, 5.41) is 15.2. The summed E-state index contributed by atoms with van der Waals surface area (Å²) in [5.41, 5.74) is 5.84. The first kappa shape index (κ1) is 14.3. The summed E-state index contributed by atoms with van der Waals surface area (Å²) in [7, 11) is 0. The van der Waals surface area contributed by atoms with Gasteiger partial charge in [-0.2, -0.15) is 0 Å². The van der Waals surface area contributed by atoms with Crippen LogP contribution in [0.25, 0.3) is 0 Å². The van der Waals surface area contributed by atoms with Crippen LogP contribution in [0.15, 0.2) is 5.16 Å². The van der Waals surface area contributed by atoms with Crippen molar-refractivity contribution in [2.45, 2.75) is 58.9 Å². The lowest BCUT2D eigenvalue weighted by molar-refractivity contribution is 0.313. The molecule has 0 aliphatic heterocycles. The van der Waals surface area contributed by atoms with Gasteiger partial charge in [0.15, 0.2) is 0 Å². The summed E-state index contributed by atoms with van der Waals surface area (Å²) in [6.07, 6.45) is 5.58. The molecule has 0 spiro atoms. The van der Waals surface area contributed by atoms with Crippen molar-refractivity contribution < 1.29 is 5.21 Å². The van der Waals surface area contributed by atoms with Gasteiger partial charge in [0.05, 0.1) is 0 Å². The van der Waals surface area contributed by atoms with Crippen LogP contribution >= 0.6 is 0 Å². The molecule has 1 unspecified atom stereocenters. The van der Waals surface area contributed by atoms with Crippen molar-refractivity contribution >= 4 is 5.84 Å². The van der Waals surface area contributed by atoms with Crippen molar-refractivity contribution in [2.75, 3.05) is 6.54 Å². The monoisotopic (exact) mass is 241 g/mol. The maximum absolute atomic E-state index is 8.59. The topological polar surface area (TPSA) is 70.6 Å². The Bertz CT molecular complexity index is 259. The van der Waals surface area contributed by atoms with Gasteiger partial charge in [0.2, 0.25) is 0 Å². The fourth-order valence-corrected chi connectivity index (χ4v) is 2.09. The molecule has 17 heavy (non-hydrogen) atoms. The maximum atomic E-state index is 8.59. The van der Waals surface area contributed by atoms with Crippen molar-refractivity contribution in [1.29, 1.82) is 0 Å². The first-order valence-electron chi connectivity index (χ1n) is 6.67. The average molecular weight is 241 g/mol. The predicted molar refractivity (Wildman–Crippen MR) is 71.2 cm³/mol. The Morgan fingerprint density at radius 3 is 2.47 bits per heavy atom. The summed E-state index contributed by atoms with van der Waals surface area (Å²) in [6.45, 7) is 7.74. The van der Waals surface area contributed by atoms with E-state index in [9.17, 15) is 0 Å². The molecule has 1 atom stereocenters. The zero-order chi connectivity index (χ0) is 12.9. The van der Waals surface area contributed by atoms with Gasteiger partial charge in [-0.05, 0) is 43.9 Å². The SMILES string of the molecule is CC(C)CCC(C)NCC1(CC(N)=NO)CC1. The Hall–Kier alpha value is -0.770. The van der Waals surface area contributed by atoms with Gasteiger partial charge in [0, 0.05) is 19.0 Å². The third kappa shape index (κ3) is 5.39. The molecule has 0 saturated heterocycles. The molecule has 1 saturated carbocycles. The molecule has 0 amide bonds. The fourth-order valence-electron chi connectivity index (χ4n) is 2.09. The molecule has 1 rings (SSSR count). The largest absolute Gasteiger partial charge is 0.409 e. The van der Waals surface area contributed by atoms with Crippen molar-refractivity contribution in [3.05, 3.63) is 0 Å². The highest BCUT2D eigenvalue weighted by Gasteiger charge is 2.43. The summed E-state index contributed by atoms with van der Waals surface area (Å²) in [6, 6.07) is 0.558. The van der Waals surface area contributed by atoms with E-state index in [-0.39, 0.29) is 5.41 Å². The van der Waals surface area contributed by atoms with E-state index in [4.69, 9.17) is 10.9 Å². The number of nitrogens with one attached hydrogen (secondary N) is 1. The van der Waals surface area contributed by atoms with Gasteiger partial charge < -0.3 is 16.3 Å². The van der Waals surface area contributed by atoms with Crippen LogP contribution in [-0.2, 0) is 0 Å². The molecule has 0 aromatic carbocycles. The van der Waals surface area contributed by atoms with Crippen LogP contribution in [0.2, 0.25) is 0 Å². The molecule has 1 aliphatic carbocycles. The second-order valence-electron chi connectivity index (χ2n) is 6.02. The standard InChI is InChI=1S/C13H27N3O/c1-10(2)4-5-11(3)15-9-13(6-7-13)8-12(14)16-17/h10-11,15,17H,4-9H2,1-3H3,(H2,14,16). The van der Waals surface area contributed by atoms with Crippen molar-refractivity contribution in [2.24, 2.45) is 22.2 Å². The molecule has 1 aliphatic rings. The number of hydrogen-bond acceptors (Lipinski definition) is 3. The highest BCUT2D eigenvalue weighted by atomic mass is 16.4. The van der Waals surface area contributed by atoms with Gasteiger partial charge in [0.1, 0.15) is 5.84 Å². The normalized spacial score (nSPS) is 20.6. The zero-order valence-corrected chi connectivity index (χ0v) is 11.4. The van der Waals surface area contributed by atoms with E-state index >= 15 is 0 Å². The van der Waals surface area contributed by atoms with Gasteiger partial charge in [-0.15, -0.1) is 0 Å². The third-order valence-electron chi connectivity index (χ3n) is 3.64. The van der Waals surface area contributed by atoms with Gasteiger partial charge >= 0.3 is 0 Å². The first-order chi connectivity index (χ1) is 7.97. The Morgan fingerprint density at radius 1 is 1.35 bits per heavy atom. The Kier molecular flexibility index (Phi) is 5.25. The van der Waals surface area contributed by atoms with Gasteiger partial charge in [0.25, 0.3) is 0 Å². The third-order valence-corrected chi connectivity index (χ3v) is 3.64. The number of rotatable bonds is 8. The van der Waals surface area contributed by atoms with E-state index in [1.807, 2.05) is 0 Å². The van der Waals surface area contributed by atoms with Crippen LogP contribution < -0.4 is 11.1 Å². The van der Waals surface area contributed by atoms with Crippen LogP contribution in [-0.4, -0.2) is 23.6 Å². The number of hydrogen-bond donors (Lipinski definition) is 3. The minimum Gasteiger partial charge on any atom is -0.409 e. The van der Waals surface area contributed by atoms with Crippen LogP contribution in [0, 0.1) is 11.3 Å². The average Bonchev–Trinajstić information content (AvgIpc) is 3.04. The number of nitrogens with zero attached hydrogens (tertiary/aromatic N) is 1. The van der Waals surface area contributed by atoms with E-state index in [0.29, 0.717) is 18.3 Å². The van der Waals surface area contributed by atoms with Gasteiger partial charge in [-0.3, -0.25) is 0 Å². The van der Waals surface area contributed by atoms with E-state index in [2.05, 4.69) is 31.2 Å². The van der Waals surface area contributed by atoms with Crippen LogP contribution in [0.4, 0.5) is 0 Å². The van der Waals surface area contributed by atoms with Gasteiger partial charge in [-0.25, -0.2) is 0 Å². The van der Waals surface area contributed by atoms with Crippen LogP contribution in [0.1, 0.15) is 52.9 Å². The summed E-state index contributed by atoms with van der Waals surface area (Å²) in [5.74, 6) is 1.13. The minimum absolute atomic E-state index is 0.266. The zero-order valence-electron chi connectivity index (χ0n) is 11.4. The molecule has 100 valence electrons. The van der Waals surface area contributed by atoms with E-state index in [1.165, 1.54) is 25.7 Å². The Morgan fingerprint density at radius 2 is 2.00 bits per heavy atom. The molecular formula is C13H27N3O. The lowest BCUT2D eigenvalue weighted by Gasteiger charge is -2.20.